The second-order valence-corrected chi connectivity index (χ2v) is 9.12. The van der Waals surface area contributed by atoms with Crippen LogP contribution in [-0.4, -0.2) is 84.7 Å². The molecule has 0 saturated carbocycles. The predicted molar refractivity (Wildman–Crippen MR) is 142 cm³/mol. The van der Waals surface area contributed by atoms with Gasteiger partial charge in [-0.25, -0.2) is 9.78 Å². The lowest BCUT2D eigenvalue weighted by molar-refractivity contribution is -0.142. The maximum atomic E-state index is 13.3. The Kier molecular flexibility index (Phi) is 10.1. The average Bonchev–Trinajstić information content (AvgIpc) is 3.55. The number of aromatic nitrogens is 3. The minimum absolute atomic E-state index is 0.0102. The Morgan fingerprint density at radius 3 is 2.23 bits per heavy atom. The summed E-state index contributed by atoms with van der Waals surface area (Å²) in [5.41, 5.74) is 7.54. The molecular weight excluding hydrogens is 530 g/mol. The molecule has 0 fully saturated rings. The number of nitrogens with one attached hydrogen (secondary N) is 5. The zero-order valence-electron chi connectivity index (χ0n) is 20.6. The van der Waals surface area contributed by atoms with E-state index in [4.69, 9.17) is 10.8 Å². The number of nitrogens with zero attached hydrogens (tertiary/aromatic N) is 1. The number of para-hydroxylation sites is 1. The van der Waals surface area contributed by atoms with Crippen LogP contribution in [0.1, 0.15) is 17.7 Å². The van der Waals surface area contributed by atoms with Gasteiger partial charge in [-0.05, 0) is 11.6 Å². The molecule has 0 spiro atoms. The standard InChI is InChI=1S/C24H29N7O7S/c25-15(7-20(32)33)21(34)31-19(10-39)23(36)29-17(5-12-8-27-16-4-2-1-3-14(12)16)22(35)30-18(24(37)38)6-13-9-26-11-28-13/h1-4,8-9,11,15,17-19,27,39H,5-7,10,25H2,(H,26,28)(H,29,36)(H,30,35)(H,31,34)(H,32,33)(H,37,38). The first kappa shape index (κ1) is 29.2. The van der Waals surface area contributed by atoms with Crippen molar-refractivity contribution in [3.63, 3.8) is 0 Å². The van der Waals surface area contributed by atoms with E-state index < -0.39 is 60.2 Å². The first-order chi connectivity index (χ1) is 18.6. The van der Waals surface area contributed by atoms with Crippen LogP contribution in [0.3, 0.4) is 0 Å². The molecule has 2 aromatic heterocycles. The van der Waals surface area contributed by atoms with Crippen molar-refractivity contribution in [3.05, 3.63) is 54.2 Å². The molecule has 3 rings (SSSR count). The first-order valence-corrected chi connectivity index (χ1v) is 12.5. The lowest BCUT2D eigenvalue weighted by Crippen LogP contribution is -2.58. The number of thiol groups is 1. The zero-order valence-corrected chi connectivity index (χ0v) is 21.5. The van der Waals surface area contributed by atoms with Crippen molar-refractivity contribution < 1.29 is 34.2 Å². The van der Waals surface area contributed by atoms with Gasteiger partial charge in [-0.15, -0.1) is 0 Å². The summed E-state index contributed by atoms with van der Waals surface area (Å²) in [6, 6.07) is 2.09. The molecule has 4 unspecified atom stereocenters. The molecule has 9 N–H and O–H groups in total. The third-order valence-corrected chi connectivity index (χ3v) is 6.24. The smallest absolute Gasteiger partial charge is 0.326 e. The summed E-state index contributed by atoms with van der Waals surface area (Å²) in [7, 11) is 0. The number of aromatic amines is 2. The molecule has 4 atom stereocenters. The molecule has 0 saturated heterocycles. The van der Waals surface area contributed by atoms with Crippen LogP contribution >= 0.6 is 12.6 Å². The van der Waals surface area contributed by atoms with Crippen molar-refractivity contribution in [3.8, 4) is 0 Å². The van der Waals surface area contributed by atoms with Gasteiger partial charge in [-0.3, -0.25) is 19.2 Å². The van der Waals surface area contributed by atoms with E-state index in [9.17, 15) is 29.1 Å². The lowest BCUT2D eigenvalue weighted by atomic mass is 10.0. The maximum Gasteiger partial charge on any atom is 0.326 e. The van der Waals surface area contributed by atoms with E-state index in [1.807, 2.05) is 24.3 Å². The summed E-state index contributed by atoms with van der Waals surface area (Å²) in [5, 5.41) is 26.7. The third kappa shape index (κ3) is 8.05. The third-order valence-electron chi connectivity index (χ3n) is 5.87. The summed E-state index contributed by atoms with van der Waals surface area (Å²) >= 11 is 4.09. The Balaban J connectivity index is 1.80. The van der Waals surface area contributed by atoms with Gasteiger partial charge in [-0.2, -0.15) is 12.6 Å². The Hall–Kier alpha value is -4.37. The SMILES string of the molecule is NC(CC(=O)O)C(=O)NC(CS)C(=O)NC(Cc1c[nH]c2ccccc12)C(=O)NC(Cc1cnc[nH]1)C(=O)O. The van der Waals surface area contributed by atoms with Gasteiger partial charge in [0, 0.05) is 47.6 Å². The van der Waals surface area contributed by atoms with Crippen LogP contribution in [0.2, 0.25) is 0 Å². The van der Waals surface area contributed by atoms with E-state index in [0.717, 1.165) is 10.9 Å². The number of carbonyl (C=O) groups excluding carboxylic acids is 3. The number of amides is 3. The second-order valence-electron chi connectivity index (χ2n) is 8.75. The van der Waals surface area contributed by atoms with Gasteiger partial charge in [0.2, 0.25) is 17.7 Å². The normalized spacial score (nSPS) is 14.1. The minimum atomic E-state index is -1.40. The van der Waals surface area contributed by atoms with Gasteiger partial charge in [0.05, 0.1) is 18.8 Å². The van der Waals surface area contributed by atoms with E-state index >= 15 is 0 Å². The Morgan fingerprint density at radius 2 is 1.59 bits per heavy atom. The molecule has 0 aliphatic carbocycles. The highest BCUT2D eigenvalue weighted by atomic mass is 32.1. The van der Waals surface area contributed by atoms with Gasteiger partial charge in [0.15, 0.2) is 0 Å². The highest BCUT2D eigenvalue weighted by Gasteiger charge is 2.31. The van der Waals surface area contributed by atoms with Crippen molar-refractivity contribution in [2.75, 3.05) is 5.75 Å². The summed E-state index contributed by atoms with van der Waals surface area (Å²) < 4.78 is 0. The van der Waals surface area contributed by atoms with E-state index in [2.05, 4.69) is 43.5 Å². The van der Waals surface area contributed by atoms with Gasteiger partial charge in [0.25, 0.3) is 0 Å². The van der Waals surface area contributed by atoms with Crippen molar-refractivity contribution in [1.29, 1.82) is 0 Å². The number of H-pyrrole nitrogens is 2. The van der Waals surface area contributed by atoms with Gasteiger partial charge in [0.1, 0.15) is 18.1 Å². The number of rotatable bonds is 14. The molecule has 2 heterocycles. The van der Waals surface area contributed by atoms with Gasteiger partial charge < -0.3 is 41.9 Å². The van der Waals surface area contributed by atoms with E-state index in [1.165, 1.54) is 12.5 Å². The minimum Gasteiger partial charge on any atom is -0.481 e. The highest BCUT2D eigenvalue weighted by molar-refractivity contribution is 7.80. The first-order valence-electron chi connectivity index (χ1n) is 11.8. The molecular formula is C24H29N7O7S. The van der Waals surface area contributed by atoms with Crippen LogP contribution in [0.15, 0.2) is 43.0 Å². The Labute approximate surface area is 227 Å². The summed E-state index contributed by atoms with van der Waals surface area (Å²) in [5.74, 6) is -5.20. The van der Waals surface area contributed by atoms with Crippen LogP contribution in [0, 0.1) is 0 Å². The van der Waals surface area contributed by atoms with E-state index in [1.54, 1.807) is 6.20 Å². The molecule has 14 nitrogen and oxygen atoms in total. The topological polar surface area (TPSA) is 232 Å². The number of carboxylic acids is 2. The number of hydrogen-bond donors (Lipinski definition) is 9. The largest absolute Gasteiger partial charge is 0.481 e. The number of hydrogen-bond acceptors (Lipinski definition) is 8. The predicted octanol–water partition coefficient (Wildman–Crippen LogP) is -1.05. The highest BCUT2D eigenvalue weighted by Crippen LogP contribution is 2.19. The van der Waals surface area contributed by atoms with Crippen molar-refractivity contribution in [1.82, 2.24) is 30.9 Å². The maximum absolute atomic E-state index is 13.3. The molecule has 3 aromatic rings. The fourth-order valence-electron chi connectivity index (χ4n) is 3.84. The molecule has 3 amide bonds. The van der Waals surface area contributed by atoms with Crippen molar-refractivity contribution in [2.45, 2.75) is 43.4 Å². The summed E-state index contributed by atoms with van der Waals surface area (Å²) in [6.07, 6.45) is 3.76. The quantitative estimate of drug-likeness (QED) is 0.109. The zero-order chi connectivity index (χ0) is 28.5. The van der Waals surface area contributed by atoms with Crippen LogP contribution in [0.5, 0.6) is 0 Å². The Bertz CT molecular complexity index is 1330. The summed E-state index contributed by atoms with van der Waals surface area (Å²) in [4.78, 5) is 71.1. The van der Waals surface area contributed by atoms with E-state index in [-0.39, 0.29) is 18.6 Å². The molecule has 0 aliphatic heterocycles. The van der Waals surface area contributed by atoms with Gasteiger partial charge in [-0.1, -0.05) is 18.2 Å². The number of fused-ring (bicyclic) bond motifs is 1. The molecule has 0 bridgehead atoms. The van der Waals surface area contributed by atoms with E-state index in [0.29, 0.717) is 11.3 Å². The van der Waals surface area contributed by atoms with Crippen LogP contribution in [0.4, 0.5) is 0 Å². The lowest BCUT2D eigenvalue weighted by Gasteiger charge is -2.24. The molecule has 0 radical (unpaired) electrons. The molecule has 0 aliphatic rings. The van der Waals surface area contributed by atoms with Gasteiger partial charge >= 0.3 is 11.9 Å². The number of imidazole rings is 1. The average molecular weight is 560 g/mol. The monoisotopic (exact) mass is 559 g/mol. The Morgan fingerprint density at radius 1 is 0.923 bits per heavy atom. The number of carbonyl (C=O) groups is 5. The fourth-order valence-corrected chi connectivity index (χ4v) is 4.10. The molecule has 1 aromatic carbocycles. The van der Waals surface area contributed by atoms with Crippen molar-refractivity contribution in [2.24, 2.45) is 5.73 Å². The number of carboxylic acid groups (broad SMARTS) is 2. The molecule has 39 heavy (non-hydrogen) atoms. The van der Waals surface area contributed by atoms with Crippen molar-refractivity contribution >= 4 is 53.2 Å². The van der Waals surface area contributed by atoms with Crippen LogP contribution in [-0.2, 0) is 36.8 Å². The molecule has 208 valence electrons. The molecule has 15 heteroatoms. The number of benzene rings is 1. The number of nitrogens with two attached hydrogens (primary N) is 1. The van der Waals surface area contributed by atoms with Crippen LogP contribution < -0.4 is 21.7 Å². The summed E-state index contributed by atoms with van der Waals surface area (Å²) in [6.45, 7) is 0. The second kappa shape index (κ2) is 13.4. The number of aliphatic carboxylic acids is 2. The fraction of sp³-hybridized carbons (Fsp3) is 0.333. The van der Waals surface area contributed by atoms with Crippen LogP contribution in [0.25, 0.3) is 10.9 Å².